The van der Waals surface area contributed by atoms with Crippen LogP contribution in [0.25, 0.3) is 6.08 Å². The first-order chi connectivity index (χ1) is 14.2. The van der Waals surface area contributed by atoms with Gasteiger partial charge in [0.15, 0.2) is 0 Å². The summed E-state index contributed by atoms with van der Waals surface area (Å²) in [5.41, 5.74) is 2.40. The minimum Gasteiger partial charge on any atom is -0.396 e. The molecular weight excluding hydrogens is 386 g/mol. The zero-order valence-electron chi connectivity index (χ0n) is 16.1. The van der Waals surface area contributed by atoms with E-state index in [0.29, 0.717) is 31.7 Å². The molecule has 0 saturated carbocycles. The number of allylic oxidation sites excluding steroid dienone is 1. The molecule has 0 aliphatic rings. The van der Waals surface area contributed by atoms with Crippen molar-refractivity contribution in [3.63, 3.8) is 0 Å². The maximum atomic E-state index is 12.7. The van der Waals surface area contributed by atoms with Crippen molar-refractivity contribution in [2.24, 2.45) is 0 Å². The zero-order valence-corrected chi connectivity index (χ0v) is 16.9. The van der Waals surface area contributed by atoms with Gasteiger partial charge in [0, 0.05) is 19.7 Å². The molecule has 0 aliphatic heterocycles. The van der Waals surface area contributed by atoms with Crippen molar-refractivity contribution < 1.29 is 5.11 Å². The van der Waals surface area contributed by atoms with E-state index in [1.807, 2.05) is 77.7 Å². The van der Waals surface area contributed by atoms with E-state index in [9.17, 15) is 9.90 Å². The molecule has 0 bridgehead atoms. The number of aliphatic hydroxyl groups is 1. The first kappa shape index (κ1) is 20.8. The molecule has 0 saturated heterocycles. The monoisotopic (exact) mass is 409 g/mol. The second-order valence-corrected chi connectivity index (χ2v) is 7.01. The third kappa shape index (κ3) is 5.79. The number of aromatic nitrogens is 2. The normalized spacial score (nSPS) is 11.1. The molecular formula is C23H24ClN3O2. The van der Waals surface area contributed by atoms with Crippen molar-refractivity contribution >= 4 is 23.4 Å². The number of anilines is 1. The van der Waals surface area contributed by atoms with Crippen LogP contribution in [0.4, 0.5) is 5.69 Å². The summed E-state index contributed by atoms with van der Waals surface area (Å²) >= 11 is 6.43. The third-order valence-corrected chi connectivity index (χ3v) is 4.85. The van der Waals surface area contributed by atoms with E-state index in [4.69, 9.17) is 11.6 Å². The van der Waals surface area contributed by atoms with Crippen LogP contribution >= 0.6 is 11.6 Å². The SMILES string of the molecule is O=c1c(Cl)c(N(CCCO)Cc2ccccc2)cnn1CC=Cc1ccccc1. The quantitative estimate of drug-likeness (QED) is 0.580. The first-order valence-corrected chi connectivity index (χ1v) is 9.94. The fourth-order valence-electron chi connectivity index (χ4n) is 3.01. The average Bonchev–Trinajstić information content (AvgIpc) is 2.76. The molecule has 1 aromatic heterocycles. The lowest BCUT2D eigenvalue weighted by Crippen LogP contribution is -2.30. The van der Waals surface area contributed by atoms with Crippen molar-refractivity contribution in [1.29, 1.82) is 0 Å². The molecule has 150 valence electrons. The van der Waals surface area contributed by atoms with Crippen LogP contribution in [0, 0.1) is 0 Å². The minimum absolute atomic E-state index is 0.0671. The number of hydrogen-bond donors (Lipinski definition) is 1. The molecule has 0 aliphatic carbocycles. The van der Waals surface area contributed by atoms with Gasteiger partial charge in [-0.15, -0.1) is 0 Å². The molecule has 0 fully saturated rings. The van der Waals surface area contributed by atoms with Crippen LogP contribution in [-0.2, 0) is 13.1 Å². The van der Waals surface area contributed by atoms with E-state index in [0.717, 1.165) is 11.1 Å². The topological polar surface area (TPSA) is 58.4 Å². The van der Waals surface area contributed by atoms with Crippen LogP contribution in [0.3, 0.4) is 0 Å². The Bertz CT molecular complexity index is 988. The molecule has 6 heteroatoms. The summed E-state index contributed by atoms with van der Waals surface area (Å²) < 4.78 is 1.35. The Morgan fingerprint density at radius 2 is 1.76 bits per heavy atom. The smallest absolute Gasteiger partial charge is 0.287 e. The highest BCUT2D eigenvalue weighted by molar-refractivity contribution is 6.33. The Kier molecular flexibility index (Phi) is 7.61. The summed E-state index contributed by atoms with van der Waals surface area (Å²) in [6.07, 6.45) is 6.03. The molecule has 0 unspecified atom stereocenters. The zero-order chi connectivity index (χ0) is 20.5. The summed E-state index contributed by atoms with van der Waals surface area (Å²) in [4.78, 5) is 14.7. The summed E-state index contributed by atoms with van der Waals surface area (Å²) in [7, 11) is 0. The van der Waals surface area contributed by atoms with Gasteiger partial charge < -0.3 is 10.0 Å². The lowest BCUT2D eigenvalue weighted by molar-refractivity contribution is 0.289. The average molecular weight is 410 g/mol. The fourth-order valence-corrected chi connectivity index (χ4v) is 3.28. The number of rotatable bonds is 9. The lowest BCUT2D eigenvalue weighted by Gasteiger charge is -2.25. The van der Waals surface area contributed by atoms with Crippen molar-refractivity contribution in [1.82, 2.24) is 9.78 Å². The van der Waals surface area contributed by atoms with Gasteiger partial charge in [-0.3, -0.25) is 4.79 Å². The molecule has 2 aromatic carbocycles. The molecule has 3 aromatic rings. The van der Waals surface area contributed by atoms with Gasteiger partial charge in [-0.25, -0.2) is 4.68 Å². The summed E-state index contributed by atoms with van der Waals surface area (Å²) in [6, 6.07) is 19.8. The van der Waals surface area contributed by atoms with Gasteiger partial charge in [-0.05, 0) is 17.5 Å². The summed E-state index contributed by atoms with van der Waals surface area (Å²) in [5, 5.41) is 13.7. The molecule has 29 heavy (non-hydrogen) atoms. The summed E-state index contributed by atoms with van der Waals surface area (Å²) in [5.74, 6) is 0. The van der Waals surface area contributed by atoms with Gasteiger partial charge in [-0.1, -0.05) is 84.4 Å². The number of aliphatic hydroxyl groups excluding tert-OH is 1. The Morgan fingerprint density at radius 3 is 2.45 bits per heavy atom. The molecule has 0 amide bonds. The first-order valence-electron chi connectivity index (χ1n) is 9.56. The van der Waals surface area contributed by atoms with Gasteiger partial charge in [0.1, 0.15) is 5.02 Å². The maximum Gasteiger partial charge on any atom is 0.287 e. The fraction of sp³-hybridized carbons (Fsp3) is 0.217. The maximum absolute atomic E-state index is 12.7. The second-order valence-electron chi connectivity index (χ2n) is 6.63. The number of hydrogen-bond acceptors (Lipinski definition) is 4. The number of halogens is 1. The molecule has 0 radical (unpaired) electrons. The number of nitrogens with zero attached hydrogens (tertiary/aromatic N) is 3. The molecule has 5 nitrogen and oxygen atoms in total. The van der Waals surface area contributed by atoms with E-state index in [1.54, 1.807) is 6.20 Å². The lowest BCUT2D eigenvalue weighted by atomic mass is 10.2. The highest BCUT2D eigenvalue weighted by Crippen LogP contribution is 2.23. The second kappa shape index (κ2) is 10.6. The van der Waals surface area contributed by atoms with Crippen LogP contribution in [0.15, 0.2) is 77.7 Å². The Morgan fingerprint density at radius 1 is 1.07 bits per heavy atom. The standard InChI is InChI=1S/C23H24ClN3O2/c24-22-21(26(14-8-16-28)18-20-11-5-2-6-12-20)17-25-27(23(22)29)15-7-13-19-9-3-1-4-10-19/h1-7,9-13,17,28H,8,14-16,18H2. The van der Waals surface area contributed by atoms with Crippen molar-refractivity contribution in [2.75, 3.05) is 18.1 Å². The predicted molar refractivity (Wildman–Crippen MR) is 118 cm³/mol. The van der Waals surface area contributed by atoms with Crippen LogP contribution in [0.2, 0.25) is 5.02 Å². The Balaban J connectivity index is 1.80. The van der Waals surface area contributed by atoms with Crippen LogP contribution in [0.1, 0.15) is 17.5 Å². The largest absolute Gasteiger partial charge is 0.396 e. The van der Waals surface area contributed by atoms with E-state index in [1.165, 1.54) is 4.68 Å². The van der Waals surface area contributed by atoms with Crippen LogP contribution < -0.4 is 10.5 Å². The van der Waals surface area contributed by atoms with Gasteiger partial charge in [0.05, 0.1) is 18.4 Å². The molecule has 1 N–H and O–H groups in total. The number of benzene rings is 2. The highest BCUT2D eigenvalue weighted by Gasteiger charge is 2.15. The van der Waals surface area contributed by atoms with Crippen molar-refractivity contribution in [3.05, 3.63) is 99.4 Å². The minimum atomic E-state index is -0.330. The van der Waals surface area contributed by atoms with Crippen LogP contribution in [-0.4, -0.2) is 28.0 Å². The molecule has 0 spiro atoms. The third-order valence-electron chi connectivity index (χ3n) is 4.50. The van der Waals surface area contributed by atoms with Gasteiger partial charge >= 0.3 is 0 Å². The molecule has 0 atom stereocenters. The Hall–Kier alpha value is -2.89. The highest BCUT2D eigenvalue weighted by atomic mass is 35.5. The summed E-state index contributed by atoms with van der Waals surface area (Å²) in [6.45, 7) is 1.56. The van der Waals surface area contributed by atoms with E-state index in [2.05, 4.69) is 5.10 Å². The van der Waals surface area contributed by atoms with Crippen molar-refractivity contribution in [2.45, 2.75) is 19.5 Å². The Labute approximate surface area is 175 Å². The molecule has 1 heterocycles. The molecule has 3 rings (SSSR count). The van der Waals surface area contributed by atoms with Gasteiger partial charge in [0.2, 0.25) is 0 Å². The van der Waals surface area contributed by atoms with E-state index >= 15 is 0 Å². The van der Waals surface area contributed by atoms with E-state index in [-0.39, 0.29) is 17.2 Å². The van der Waals surface area contributed by atoms with Crippen molar-refractivity contribution in [3.8, 4) is 0 Å². The van der Waals surface area contributed by atoms with Crippen LogP contribution in [0.5, 0.6) is 0 Å². The van der Waals surface area contributed by atoms with Gasteiger partial charge in [-0.2, -0.15) is 5.10 Å². The van der Waals surface area contributed by atoms with Gasteiger partial charge in [0.25, 0.3) is 5.56 Å². The van der Waals surface area contributed by atoms with E-state index < -0.39 is 0 Å². The predicted octanol–water partition coefficient (Wildman–Crippen LogP) is 4.00.